The topological polar surface area (TPSA) is 59.0 Å². The van der Waals surface area contributed by atoms with Crippen LogP contribution in [0.4, 0.5) is 4.39 Å². The Kier molecular flexibility index (Phi) is 9.18. The van der Waals surface area contributed by atoms with Crippen molar-refractivity contribution in [2.75, 3.05) is 32.8 Å². The van der Waals surface area contributed by atoms with Crippen LogP contribution in [-0.2, 0) is 20.7 Å². The number of rotatable bonds is 11. The average molecular weight is 381 g/mol. The summed E-state index contributed by atoms with van der Waals surface area (Å²) in [6.07, 6.45) is 2.87. The third kappa shape index (κ3) is 7.20. The zero-order valence-corrected chi connectivity index (χ0v) is 16.5. The summed E-state index contributed by atoms with van der Waals surface area (Å²) in [5.74, 6) is -0.590. The van der Waals surface area contributed by atoms with Crippen LogP contribution in [0.2, 0.25) is 0 Å². The van der Waals surface area contributed by atoms with Gasteiger partial charge in [0.15, 0.2) is 0 Å². The number of likely N-dealkylation sites (tertiary alicyclic amines) is 1. The maximum Gasteiger partial charge on any atom is 0.306 e. The lowest BCUT2D eigenvalue weighted by molar-refractivity contribution is -0.143. The van der Waals surface area contributed by atoms with Crippen molar-refractivity contribution in [3.05, 3.63) is 35.1 Å². The standard InChI is InChI=1S/C21H32FNO4/c1-3-20(27-15-18(24)14-23-11-5-6-12-23)19-13-17(22)9-7-16(19)8-10-21(25)26-4-2/h7,9,13,18,20,24H,3-6,8,10-12,14-15H2,1-2H3. The molecule has 1 fully saturated rings. The number of carbonyl (C=O) groups is 1. The number of ether oxygens (including phenoxy) is 2. The second-order valence-electron chi connectivity index (χ2n) is 7.04. The fourth-order valence-corrected chi connectivity index (χ4v) is 3.53. The minimum atomic E-state index is -0.561. The Morgan fingerprint density at radius 3 is 2.70 bits per heavy atom. The van der Waals surface area contributed by atoms with Crippen LogP contribution in [0.15, 0.2) is 18.2 Å². The number of esters is 1. The van der Waals surface area contributed by atoms with E-state index in [1.54, 1.807) is 13.0 Å². The zero-order valence-electron chi connectivity index (χ0n) is 16.5. The molecular formula is C21H32FNO4. The molecule has 6 heteroatoms. The molecule has 27 heavy (non-hydrogen) atoms. The number of benzene rings is 1. The van der Waals surface area contributed by atoms with Crippen LogP contribution in [-0.4, -0.2) is 54.9 Å². The molecule has 2 unspecified atom stereocenters. The van der Waals surface area contributed by atoms with Gasteiger partial charge in [-0.15, -0.1) is 0 Å². The van der Waals surface area contributed by atoms with Gasteiger partial charge in [-0.25, -0.2) is 4.39 Å². The molecular weight excluding hydrogens is 349 g/mol. The Morgan fingerprint density at radius 1 is 1.30 bits per heavy atom. The number of aliphatic hydroxyl groups is 1. The second kappa shape index (κ2) is 11.4. The molecule has 1 aromatic rings. The summed E-state index contributed by atoms with van der Waals surface area (Å²) in [5.41, 5.74) is 1.63. The van der Waals surface area contributed by atoms with Crippen LogP contribution in [0, 0.1) is 5.82 Å². The predicted molar refractivity (Wildman–Crippen MR) is 102 cm³/mol. The average Bonchev–Trinajstić information content (AvgIpc) is 3.14. The number of nitrogens with zero attached hydrogens (tertiary/aromatic N) is 1. The SMILES string of the molecule is CCOC(=O)CCc1ccc(F)cc1C(CC)OCC(O)CN1CCCC1. The van der Waals surface area contributed by atoms with Crippen LogP contribution in [0.5, 0.6) is 0 Å². The van der Waals surface area contributed by atoms with Crippen molar-refractivity contribution < 1.29 is 23.8 Å². The molecule has 1 aliphatic rings. The van der Waals surface area contributed by atoms with Gasteiger partial charge in [-0.3, -0.25) is 4.79 Å². The molecule has 0 spiro atoms. The highest BCUT2D eigenvalue weighted by Crippen LogP contribution is 2.27. The van der Waals surface area contributed by atoms with Crippen LogP contribution < -0.4 is 0 Å². The molecule has 152 valence electrons. The van der Waals surface area contributed by atoms with Gasteiger partial charge in [-0.2, -0.15) is 0 Å². The van der Waals surface area contributed by atoms with Crippen molar-refractivity contribution in [1.82, 2.24) is 4.90 Å². The van der Waals surface area contributed by atoms with Crippen LogP contribution in [0.25, 0.3) is 0 Å². The van der Waals surface area contributed by atoms with Gasteiger partial charge < -0.3 is 19.5 Å². The number of β-amino-alcohol motifs (C(OH)–C–C–N with tert-alkyl or cyclic N) is 1. The number of halogens is 1. The lowest BCUT2D eigenvalue weighted by atomic mass is 9.97. The summed E-state index contributed by atoms with van der Waals surface area (Å²) in [7, 11) is 0. The summed E-state index contributed by atoms with van der Waals surface area (Å²) in [6, 6.07) is 4.58. The Balaban J connectivity index is 1.96. The number of aliphatic hydroxyl groups excluding tert-OH is 1. The molecule has 0 radical (unpaired) electrons. The first-order valence-electron chi connectivity index (χ1n) is 9.99. The fourth-order valence-electron chi connectivity index (χ4n) is 3.53. The summed E-state index contributed by atoms with van der Waals surface area (Å²) < 4.78 is 24.7. The van der Waals surface area contributed by atoms with Gasteiger partial charge in [0, 0.05) is 13.0 Å². The zero-order chi connectivity index (χ0) is 19.6. The van der Waals surface area contributed by atoms with E-state index < -0.39 is 6.10 Å². The maximum absolute atomic E-state index is 13.8. The Hall–Kier alpha value is -1.50. The van der Waals surface area contributed by atoms with Crippen LogP contribution >= 0.6 is 0 Å². The Labute approximate surface area is 161 Å². The first-order chi connectivity index (χ1) is 13.0. The van der Waals surface area contributed by atoms with Crippen molar-refractivity contribution in [2.24, 2.45) is 0 Å². The molecule has 0 aliphatic carbocycles. The van der Waals surface area contributed by atoms with Crippen LogP contribution in [0.1, 0.15) is 56.8 Å². The number of carbonyl (C=O) groups excluding carboxylic acids is 1. The lowest BCUT2D eigenvalue weighted by Gasteiger charge is -2.24. The number of aryl methyl sites for hydroxylation is 1. The molecule has 2 rings (SSSR count). The van der Waals surface area contributed by atoms with Gasteiger partial charge in [0.2, 0.25) is 0 Å². The molecule has 0 amide bonds. The van der Waals surface area contributed by atoms with Crippen molar-refractivity contribution in [3.8, 4) is 0 Å². The molecule has 1 saturated heterocycles. The normalized spacial score (nSPS) is 17.0. The molecule has 5 nitrogen and oxygen atoms in total. The highest BCUT2D eigenvalue weighted by molar-refractivity contribution is 5.69. The molecule has 0 saturated carbocycles. The Morgan fingerprint density at radius 2 is 2.04 bits per heavy atom. The van der Waals surface area contributed by atoms with Crippen molar-refractivity contribution in [1.29, 1.82) is 0 Å². The minimum absolute atomic E-state index is 0.211. The summed E-state index contributed by atoms with van der Waals surface area (Å²) in [5, 5.41) is 10.3. The first kappa shape index (κ1) is 21.8. The first-order valence-corrected chi connectivity index (χ1v) is 9.99. The molecule has 1 aliphatic heterocycles. The molecule has 1 aromatic carbocycles. The second-order valence-corrected chi connectivity index (χ2v) is 7.04. The molecule has 2 atom stereocenters. The third-order valence-corrected chi connectivity index (χ3v) is 4.89. The van der Waals surface area contributed by atoms with E-state index in [1.165, 1.54) is 25.0 Å². The molecule has 0 aromatic heterocycles. The van der Waals surface area contributed by atoms with E-state index in [9.17, 15) is 14.3 Å². The predicted octanol–water partition coefficient (Wildman–Crippen LogP) is 3.25. The van der Waals surface area contributed by atoms with E-state index in [0.29, 0.717) is 26.0 Å². The van der Waals surface area contributed by atoms with Crippen LogP contribution in [0.3, 0.4) is 0 Å². The smallest absolute Gasteiger partial charge is 0.306 e. The highest BCUT2D eigenvalue weighted by atomic mass is 19.1. The van der Waals surface area contributed by atoms with Gasteiger partial charge in [-0.05, 0) is 69.0 Å². The van der Waals surface area contributed by atoms with Gasteiger partial charge in [0.25, 0.3) is 0 Å². The number of hydrogen-bond acceptors (Lipinski definition) is 5. The van der Waals surface area contributed by atoms with Gasteiger partial charge in [-0.1, -0.05) is 13.0 Å². The Bertz CT molecular complexity index is 590. The maximum atomic E-state index is 13.8. The van der Waals surface area contributed by atoms with Gasteiger partial charge in [0.1, 0.15) is 5.82 Å². The largest absolute Gasteiger partial charge is 0.466 e. The van der Waals surface area contributed by atoms with E-state index >= 15 is 0 Å². The van der Waals surface area contributed by atoms with Gasteiger partial charge in [0.05, 0.1) is 25.4 Å². The summed E-state index contributed by atoms with van der Waals surface area (Å²) >= 11 is 0. The van der Waals surface area contributed by atoms with Crippen molar-refractivity contribution >= 4 is 5.97 Å². The molecule has 1 N–H and O–H groups in total. The van der Waals surface area contributed by atoms with Gasteiger partial charge >= 0.3 is 5.97 Å². The third-order valence-electron chi connectivity index (χ3n) is 4.89. The summed E-state index contributed by atoms with van der Waals surface area (Å²) in [6.45, 7) is 6.96. The molecule has 0 bridgehead atoms. The van der Waals surface area contributed by atoms with Crippen molar-refractivity contribution in [3.63, 3.8) is 0 Å². The minimum Gasteiger partial charge on any atom is -0.466 e. The quantitative estimate of drug-likeness (QED) is 0.596. The van der Waals surface area contributed by atoms with E-state index in [0.717, 1.165) is 24.2 Å². The van der Waals surface area contributed by atoms with E-state index in [2.05, 4.69) is 4.90 Å². The molecule has 1 heterocycles. The van der Waals surface area contributed by atoms with E-state index in [1.807, 2.05) is 6.92 Å². The fraction of sp³-hybridized carbons (Fsp3) is 0.667. The highest BCUT2D eigenvalue weighted by Gasteiger charge is 2.20. The monoisotopic (exact) mass is 381 g/mol. The van der Waals surface area contributed by atoms with E-state index in [4.69, 9.17) is 9.47 Å². The van der Waals surface area contributed by atoms with E-state index in [-0.39, 0.29) is 30.9 Å². The lowest BCUT2D eigenvalue weighted by Crippen LogP contribution is -2.33. The summed E-state index contributed by atoms with van der Waals surface area (Å²) in [4.78, 5) is 13.9. The number of hydrogen-bond donors (Lipinski definition) is 1. The van der Waals surface area contributed by atoms with Crippen molar-refractivity contribution in [2.45, 2.75) is 58.2 Å².